The Morgan fingerprint density at radius 2 is 2.30 bits per heavy atom. The fourth-order valence-electron chi connectivity index (χ4n) is 3.02. The zero-order chi connectivity index (χ0) is 14.7. The zero-order valence-corrected chi connectivity index (χ0v) is 14.5. The zero-order valence-electron chi connectivity index (χ0n) is 12.1. The number of benzene rings is 1. The third-order valence-corrected chi connectivity index (χ3v) is 5.06. The van der Waals surface area contributed by atoms with Gasteiger partial charge in [0.15, 0.2) is 0 Å². The van der Waals surface area contributed by atoms with E-state index in [0.29, 0.717) is 6.54 Å². The first-order valence-corrected chi connectivity index (χ1v) is 8.22. The molecule has 0 amide bonds. The summed E-state index contributed by atoms with van der Waals surface area (Å²) in [5, 5.41) is 0.760. The van der Waals surface area contributed by atoms with Gasteiger partial charge in [0, 0.05) is 35.2 Å². The molecule has 20 heavy (non-hydrogen) atoms. The minimum atomic E-state index is 0.203. The highest BCUT2D eigenvalue weighted by Gasteiger charge is 2.25. The smallest absolute Gasteiger partial charge is 0.0479 e. The van der Waals surface area contributed by atoms with E-state index in [9.17, 15) is 0 Å². The summed E-state index contributed by atoms with van der Waals surface area (Å²) >= 11 is 9.74. The predicted octanol–water partition coefficient (Wildman–Crippen LogP) is 2.99. The quantitative estimate of drug-likeness (QED) is 0.876. The van der Waals surface area contributed by atoms with Crippen molar-refractivity contribution >= 4 is 27.5 Å². The average molecular weight is 361 g/mol. The molecule has 0 bridgehead atoms. The Hall–Kier alpha value is -0.130. The number of nitrogens with two attached hydrogens (primary N) is 1. The molecule has 112 valence electrons. The predicted molar refractivity (Wildman–Crippen MR) is 89.2 cm³/mol. The Kier molecular flexibility index (Phi) is 5.87. The second kappa shape index (κ2) is 7.23. The molecule has 1 fully saturated rings. The Morgan fingerprint density at radius 3 is 2.90 bits per heavy atom. The van der Waals surface area contributed by atoms with Crippen molar-refractivity contribution in [3.05, 3.63) is 33.3 Å². The lowest BCUT2D eigenvalue weighted by Gasteiger charge is -2.30. The SMILES string of the molecule is CN1CCC(CN(C)C(CN)c2cc(Cl)ccc2Br)C1. The molecule has 0 aliphatic carbocycles. The molecule has 2 N–H and O–H groups in total. The lowest BCUT2D eigenvalue weighted by atomic mass is 10.0. The van der Waals surface area contributed by atoms with Crippen molar-refractivity contribution in [1.29, 1.82) is 0 Å². The summed E-state index contributed by atoms with van der Waals surface area (Å²) in [7, 11) is 4.34. The molecule has 1 aromatic carbocycles. The van der Waals surface area contributed by atoms with Gasteiger partial charge in [-0.25, -0.2) is 0 Å². The lowest BCUT2D eigenvalue weighted by Crippen LogP contribution is -2.35. The van der Waals surface area contributed by atoms with E-state index in [1.165, 1.54) is 25.1 Å². The third kappa shape index (κ3) is 3.95. The lowest BCUT2D eigenvalue weighted by molar-refractivity contribution is 0.211. The standard InChI is InChI=1S/C15H23BrClN3/c1-19-6-5-11(9-19)10-20(2)15(8-18)13-7-12(17)3-4-14(13)16/h3-4,7,11,15H,5-6,8-10,18H2,1-2H3. The summed E-state index contributed by atoms with van der Waals surface area (Å²) in [6.07, 6.45) is 1.27. The molecule has 0 radical (unpaired) electrons. The molecule has 1 aliphatic heterocycles. The molecule has 2 unspecified atom stereocenters. The Morgan fingerprint density at radius 1 is 1.55 bits per heavy atom. The summed E-state index contributed by atoms with van der Waals surface area (Å²) in [4.78, 5) is 4.76. The fraction of sp³-hybridized carbons (Fsp3) is 0.600. The maximum absolute atomic E-state index is 6.13. The van der Waals surface area contributed by atoms with E-state index < -0.39 is 0 Å². The molecule has 0 aromatic heterocycles. The number of rotatable bonds is 5. The van der Waals surface area contributed by atoms with Crippen molar-refractivity contribution in [2.75, 3.05) is 40.3 Å². The topological polar surface area (TPSA) is 32.5 Å². The van der Waals surface area contributed by atoms with Gasteiger partial charge in [-0.05, 0) is 56.7 Å². The van der Waals surface area contributed by atoms with Gasteiger partial charge in [0.25, 0.3) is 0 Å². The molecule has 1 heterocycles. The van der Waals surface area contributed by atoms with E-state index >= 15 is 0 Å². The molecule has 1 saturated heterocycles. The van der Waals surface area contributed by atoms with Gasteiger partial charge in [0.2, 0.25) is 0 Å². The van der Waals surface area contributed by atoms with Gasteiger partial charge in [0.05, 0.1) is 0 Å². The monoisotopic (exact) mass is 359 g/mol. The van der Waals surface area contributed by atoms with Gasteiger partial charge in [0.1, 0.15) is 0 Å². The first kappa shape index (κ1) is 16.2. The van der Waals surface area contributed by atoms with Gasteiger partial charge in [-0.15, -0.1) is 0 Å². The van der Waals surface area contributed by atoms with E-state index in [2.05, 4.69) is 39.8 Å². The summed E-state index contributed by atoms with van der Waals surface area (Å²) in [5.74, 6) is 0.733. The van der Waals surface area contributed by atoms with Crippen LogP contribution in [-0.4, -0.2) is 50.1 Å². The maximum atomic E-state index is 6.13. The van der Waals surface area contributed by atoms with Crippen molar-refractivity contribution in [2.45, 2.75) is 12.5 Å². The largest absolute Gasteiger partial charge is 0.329 e. The molecule has 1 aromatic rings. The number of hydrogen-bond donors (Lipinski definition) is 1. The number of likely N-dealkylation sites (N-methyl/N-ethyl adjacent to an activating group) is 1. The molecule has 1 aliphatic rings. The molecule has 0 spiro atoms. The molecule has 5 heteroatoms. The summed E-state index contributed by atoms with van der Waals surface area (Å²) in [5.41, 5.74) is 7.19. The number of nitrogens with zero attached hydrogens (tertiary/aromatic N) is 2. The van der Waals surface area contributed by atoms with Crippen molar-refractivity contribution in [3.63, 3.8) is 0 Å². The van der Waals surface area contributed by atoms with Crippen molar-refractivity contribution in [2.24, 2.45) is 11.7 Å². The highest BCUT2D eigenvalue weighted by molar-refractivity contribution is 9.10. The van der Waals surface area contributed by atoms with Gasteiger partial charge in [-0.2, -0.15) is 0 Å². The van der Waals surface area contributed by atoms with Crippen LogP contribution < -0.4 is 5.73 Å². The first-order chi connectivity index (χ1) is 9.51. The van der Waals surface area contributed by atoms with Crippen LogP contribution >= 0.6 is 27.5 Å². The van der Waals surface area contributed by atoms with Crippen LogP contribution in [0.4, 0.5) is 0 Å². The van der Waals surface area contributed by atoms with Crippen LogP contribution in [0.3, 0.4) is 0 Å². The van der Waals surface area contributed by atoms with Crippen LogP contribution in [0, 0.1) is 5.92 Å². The van der Waals surface area contributed by atoms with Crippen LogP contribution in [0.15, 0.2) is 22.7 Å². The van der Waals surface area contributed by atoms with E-state index in [4.69, 9.17) is 17.3 Å². The number of likely N-dealkylation sites (tertiary alicyclic amines) is 1. The highest BCUT2D eigenvalue weighted by Crippen LogP contribution is 2.30. The molecule has 2 rings (SSSR count). The average Bonchev–Trinajstić information content (AvgIpc) is 2.80. The van der Waals surface area contributed by atoms with Gasteiger partial charge in [-0.3, -0.25) is 4.90 Å². The van der Waals surface area contributed by atoms with Crippen LogP contribution in [-0.2, 0) is 0 Å². The Balaban J connectivity index is 2.08. The van der Waals surface area contributed by atoms with Crippen molar-refractivity contribution < 1.29 is 0 Å². The number of hydrogen-bond acceptors (Lipinski definition) is 3. The van der Waals surface area contributed by atoms with Crippen LogP contribution in [0.25, 0.3) is 0 Å². The molecular formula is C15H23BrClN3. The minimum absolute atomic E-state index is 0.203. The molecular weight excluding hydrogens is 338 g/mol. The summed E-state index contributed by atoms with van der Waals surface area (Å²) in [6.45, 7) is 4.05. The van der Waals surface area contributed by atoms with Crippen LogP contribution in [0.2, 0.25) is 5.02 Å². The third-order valence-electron chi connectivity index (χ3n) is 4.11. The molecule has 3 nitrogen and oxygen atoms in total. The van der Waals surface area contributed by atoms with Gasteiger partial charge >= 0.3 is 0 Å². The van der Waals surface area contributed by atoms with E-state index in [-0.39, 0.29) is 6.04 Å². The second-order valence-electron chi connectivity index (χ2n) is 5.77. The molecule has 2 atom stereocenters. The second-order valence-corrected chi connectivity index (χ2v) is 7.06. The van der Waals surface area contributed by atoms with Crippen molar-refractivity contribution in [1.82, 2.24) is 9.80 Å². The van der Waals surface area contributed by atoms with E-state index in [1.807, 2.05) is 18.2 Å². The van der Waals surface area contributed by atoms with Crippen LogP contribution in [0.1, 0.15) is 18.0 Å². The maximum Gasteiger partial charge on any atom is 0.0479 e. The Bertz CT molecular complexity index is 455. The van der Waals surface area contributed by atoms with E-state index in [1.54, 1.807) is 0 Å². The Labute approximate surface area is 135 Å². The van der Waals surface area contributed by atoms with E-state index in [0.717, 1.165) is 22.0 Å². The molecule has 0 saturated carbocycles. The fourth-order valence-corrected chi connectivity index (χ4v) is 3.72. The van der Waals surface area contributed by atoms with Crippen molar-refractivity contribution in [3.8, 4) is 0 Å². The summed E-state index contributed by atoms with van der Waals surface area (Å²) < 4.78 is 1.08. The highest BCUT2D eigenvalue weighted by atomic mass is 79.9. The summed E-state index contributed by atoms with van der Waals surface area (Å²) in [6, 6.07) is 6.11. The van der Waals surface area contributed by atoms with Gasteiger partial charge < -0.3 is 10.6 Å². The number of halogens is 2. The van der Waals surface area contributed by atoms with Crippen LogP contribution in [0.5, 0.6) is 0 Å². The van der Waals surface area contributed by atoms with Gasteiger partial charge in [-0.1, -0.05) is 27.5 Å². The first-order valence-electron chi connectivity index (χ1n) is 7.05. The minimum Gasteiger partial charge on any atom is -0.329 e. The normalized spacial score (nSPS) is 21.6.